The van der Waals surface area contributed by atoms with Crippen LogP contribution in [-0.2, 0) is 37.0 Å². The zero-order valence-electron chi connectivity index (χ0n) is 28.5. The van der Waals surface area contributed by atoms with Crippen LogP contribution in [0.25, 0.3) is 11.1 Å². The molecule has 49 heavy (non-hydrogen) atoms. The van der Waals surface area contributed by atoms with Gasteiger partial charge in [0.2, 0.25) is 0 Å². The fraction of sp³-hybridized carbons (Fsp3) is 0.350. The molecule has 4 aromatic rings. The molecule has 0 saturated carbocycles. The van der Waals surface area contributed by atoms with Gasteiger partial charge in [0.15, 0.2) is 12.4 Å². The maximum absolute atomic E-state index is 12.3. The molecule has 1 aliphatic heterocycles. The first-order valence-corrected chi connectivity index (χ1v) is 16.7. The van der Waals surface area contributed by atoms with E-state index in [0.29, 0.717) is 19.5 Å². The second-order valence-electron chi connectivity index (χ2n) is 12.7. The second-order valence-corrected chi connectivity index (χ2v) is 12.7. The number of carbonyl (C=O) groups is 2. The van der Waals surface area contributed by atoms with Gasteiger partial charge >= 0.3 is 5.97 Å². The van der Waals surface area contributed by atoms with Gasteiger partial charge in [0.05, 0.1) is 24.9 Å². The van der Waals surface area contributed by atoms with Crippen LogP contribution in [0.5, 0.6) is 0 Å². The number of hydrogen-bond acceptors (Lipinski definition) is 8. The normalized spacial score (nSPS) is 19.5. The summed E-state index contributed by atoms with van der Waals surface area (Å²) in [5.74, 6) is -0.855. The molecular weight excluding hydrogens is 620 g/mol. The predicted octanol–water partition coefficient (Wildman–Crippen LogP) is 6.01. The van der Waals surface area contributed by atoms with Gasteiger partial charge in [0, 0.05) is 38.0 Å². The second kappa shape index (κ2) is 16.8. The monoisotopic (exact) mass is 666 g/mol. The van der Waals surface area contributed by atoms with Crippen molar-refractivity contribution in [3.05, 3.63) is 131 Å². The lowest BCUT2D eigenvalue weighted by molar-refractivity contribution is -0.253. The summed E-state index contributed by atoms with van der Waals surface area (Å²) in [6.07, 6.45) is -1.88. The van der Waals surface area contributed by atoms with Crippen LogP contribution in [0, 0.1) is 0 Å². The van der Waals surface area contributed by atoms with Crippen molar-refractivity contribution in [2.75, 3.05) is 13.6 Å². The average Bonchev–Trinajstić information content (AvgIpc) is 3.13. The minimum atomic E-state index is -0.860. The predicted molar refractivity (Wildman–Crippen MR) is 187 cm³/mol. The third-order valence-electron chi connectivity index (χ3n) is 9.02. The van der Waals surface area contributed by atoms with Crippen LogP contribution in [0.2, 0.25) is 0 Å². The van der Waals surface area contributed by atoms with Gasteiger partial charge in [-0.15, -0.1) is 0 Å². The minimum absolute atomic E-state index is 0.0221. The summed E-state index contributed by atoms with van der Waals surface area (Å²) >= 11 is 0. The van der Waals surface area contributed by atoms with Gasteiger partial charge in [-0.1, -0.05) is 97.1 Å². The lowest BCUT2D eigenvalue weighted by atomic mass is 9.98. The number of likely N-dealkylation sites (N-methyl/N-ethyl adjacent to an activating group) is 1. The van der Waals surface area contributed by atoms with Gasteiger partial charge in [-0.25, -0.2) is 0 Å². The van der Waals surface area contributed by atoms with Crippen LogP contribution in [-0.4, -0.2) is 58.8 Å². The Morgan fingerprint density at radius 3 is 2.24 bits per heavy atom. The average molecular weight is 667 g/mol. The first-order valence-electron chi connectivity index (χ1n) is 16.7. The lowest BCUT2D eigenvalue weighted by Crippen LogP contribution is -2.43. The standard InChI is InChI=1S/C40H46N2O7/c1-26(38(45)33-10-6-5-7-11-33)42(4)24-36-22-37(32-15-13-29(25-43)14-16-32)49-40(48-36)34-19-17-31(18-20-34)35-12-8-9-30(21-35)23-41-39(46)27(2)47-28(3)44/h5-21,26-27,36-38,40,43,45H,22-25H2,1-4H3,(H,41,46)/t26-,27+,36+,37-,38-,40-/m1/s1. The van der Waals surface area contributed by atoms with Crippen molar-refractivity contribution in [2.45, 2.75) is 77.1 Å². The topological polar surface area (TPSA) is 118 Å². The zero-order valence-corrected chi connectivity index (χ0v) is 28.5. The van der Waals surface area contributed by atoms with E-state index in [-0.39, 0.29) is 30.8 Å². The van der Waals surface area contributed by atoms with Crippen LogP contribution < -0.4 is 5.32 Å². The molecule has 0 unspecified atom stereocenters. The van der Waals surface area contributed by atoms with E-state index < -0.39 is 24.5 Å². The molecule has 0 aliphatic carbocycles. The molecule has 1 aliphatic rings. The van der Waals surface area contributed by atoms with Gasteiger partial charge in [0.1, 0.15) is 0 Å². The van der Waals surface area contributed by atoms with E-state index in [0.717, 1.165) is 38.9 Å². The van der Waals surface area contributed by atoms with Crippen molar-refractivity contribution in [2.24, 2.45) is 0 Å². The Morgan fingerprint density at radius 1 is 0.878 bits per heavy atom. The molecule has 1 saturated heterocycles. The molecular formula is C40H46N2O7. The Morgan fingerprint density at radius 2 is 1.57 bits per heavy atom. The van der Waals surface area contributed by atoms with Crippen molar-refractivity contribution >= 4 is 11.9 Å². The summed E-state index contributed by atoms with van der Waals surface area (Å²) in [6.45, 7) is 5.71. The molecule has 5 rings (SSSR count). The number of aliphatic hydroxyl groups excluding tert-OH is 2. The molecule has 3 N–H and O–H groups in total. The van der Waals surface area contributed by atoms with Crippen molar-refractivity contribution in [3.8, 4) is 11.1 Å². The van der Waals surface area contributed by atoms with Gasteiger partial charge in [-0.2, -0.15) is 0 Å². The Kier molecular flexibility index (Phi) is 12.3. The highest BCUT2D eigenvalue weighted by Crippen LogP contribution is 2.39. The van der Waals surface area contributed by atoms with Crippen molar-refractivity contribution < 1.29 is 34.0 Å². The van der Waals surface area contributed by atoms with E-state index in [9.17, 15) is 19.8 Å². The van der Waals surface area contributed by atoms with E-state index in [1.54, 1.807) is 6.92 Å². The van der Waals surface area contributed by atoms with Crippen molar-refractivity contribution in [3.63, 3.8) is 0 Å². The molecule has 9 nitrogen and oxygen atoms in total. The summed E-state index contributed by atoms with van der Waals surface area (Å²) in [7, 11) is 2.00. The number of amides is 1. The summed E-state index contributed by atoms with van der Waals surface area (Å²) in [4.78, 5) is 25.6. The molecule has 4 aromatic carbocycles. The Balaban J connectivity index is 1.30. The number of aliphatic hydroxyl groups is 2. The minimum Gasteiger partial charge on any atom is -0.453 e. The van der Waals surface area contributed by atoms with Crippen molar-refractivity contribution in [1.82, 2.24) is 10.2 Å². The van der Waals surface area contributed by atoms with E-state index in [2.05, 4.69) is 10.2 Å². The molecule has 0 spiro atoms. The first kappa shape index (κ1) is 35.9. The zero-order chi connectivity index (χ0) is 34.9. The fourth-order valence-corrected chi connectivity index (χ4v) is 6.02. The molecule has 258 valence electrons. The molecule has 6 atom stereocenters. The molecule has 1 heterocycles. The van der Waals surface area contributed by atoms with E-state index in [4.69, 9.17) is 14.2 Å². The summed E-state index contributed by atoms with van der Waals surface area (Å²) < 4.78 is 18.1. The number of benzene rings is 4. The van der Waals surface area contributed by atoms with Crippen LogP contribution in [0.1, 0.15) is 73.5 Å². The molecule has 9 heteroatoms. The highest BCUT2D eigenvalue weighted by Gasteiger charge is 2.34. The highest BCUT2D eigenvalue weighted by molar-refractivity contribution is 5.82. The quantitative estimate of drug-likeness (QED) is 0.149. The number of esters is 1. The SMILES string of the molecule is CC(=O)O[C@@H](C)C(=O)NCc1cccc(-c2ccc([C@@H]3O[C@H](CN(C)[C@H](C)[C@@H](O)c4ccccc4)C[C@H](c4ccc(CO)cc4)O3)cc2)c1. The molecule has 0 radical (unpaired) electrons. The number of rotatable bonds is 13. The van der Waals surface area contributed by atoms with Crippen LogP contribution in [0.15, 0.2) is 103 Å². The van der Waals surface area contributed by atoms with Crippen LogP contribution in [0.4, 0.5) is 0 Å². The maximum Gasteiger partial charge on any atom is 0.303 e. The Bertz CT molecular complexity index is 1660. The van der Waals surface area contributed by atoms with Crippen LogP contribution >= 0.6 is 0 Å². The third kappa shape index (κ3) is 9.62. The Hall–Kier alpha value is -4.38. The summed E-state index contributed by atoms with van der Waals surface area (Å²) in [5, 5.41) is 23.5. The number of carbonyl (C=O) groups excluding carboxylic acids is 2. The largest absolute Gasteiger partial charge is 0.453 e. The number of hydrogen-bond donors (Lipinski definition) is 3. The van der Waals surface area contributed by atoms with E-state index in [1.165, 1.54) is 6.92 Å². The third-order valence-corrected chi connectivity index (χ3v) is 9.02. The van der Waals surface area contributed by atoms with Gasteiger partial charge < -0.3 is 29.7 Å². The fourth-order valence-electron chi connectivity index (χ4n) is 6.02. The van der Waals surface area contributed by atoms with E-state index in [1.807, 2.05) is 117 Å². The molecule has 0 bridgehead atoms. The summed E-state index contributed by atoms with van der Waals surface area (Å²) in [6, 6.07) is 33.3. The number of ether oxygens (including phenoxy) is 3. The van der Waals surface area contributed by atoms with Gasteiger partial charge in [-0.05, 0) is 60.3 Å². The molecule has 1 fully saturated rings. The smallest absolute Gasteiger partial charge is 0.303 e. The molecule has 1 amide bonds. The highest BCUT2D eigenvalue weighted by atomic mass is 16.7. The first-order chi connectivity index (χ1) is 23.6. The Labute approximate surface area is 288 Å². The van der Waals surface area contributed by atoms with Gasteiger partial charge in [0.25, 0.3) is 5.91 Å². The summed E-state index contributed by atoms with van der Waals surface area (Å²) in [5.41, 5.74) is 6.51. The van der Waals surface area contributed by atoms with Crippen LogP contribution in [0.3, 0.4) is 0 Å². The lowest BCUT2D eigenvalue weighted by Gasteiger charge is -2.39. The molecule has 0 aromatic heterocycles. The van der Waals surface area contributed by atoms with Crippen molar-refractivity contribution in [1.29, 1.82) is 0 Å². The van der Waals surface area contributed by atoms with E-state index >= 15 is 0 Å². The van der Waals surface area contributed by atoms with Gasteiger partial charge in [-0.3, -0.25) is 14.5 Å². The maximum atomic E-state index is 12.3. The number of nitrogens with one attached hydrogen (secondary N) is 1. The number of nitrogens with zero attached hydrogens (tertiary/aromatic N) is 1.